The van der Waals surface area contributed by atoms with E-state index in [2.05, 4.69) is 4.98 Å². The highest BCUT2D eigenvalue weighted by molar-refractivity contribution is 5.96. The Hall–Kier alpha value is -3.74. The lowest BCUT2D eigenvalue weighted by Crippen LogP contribution is -2.47. The normalized spacial score (nSPS) is 14.2. The Kier molecular flexibility index (Phi) is 6.63. The van der Waals surface area contributed by atoms with Crippen molar-refractivity contribution in [1.29, 1.82) is 0 Å². The number of aliphatic carboxylic acids is 1. The minimum Gasteiger partial charge on any atom is -0.480 e. The quantitative estimate of drug-likeness (QED) is 0.473. The van der Waals surface area contributed by atoms with Crippen molar-refractivity contribution in [3.05, 3.63) is 65.7 Å². The molecule has 34 heavy (non-hydrogen) atoms. The number of carboxylic acid groups (broad SMARTS) is 2. The van der Waals surface area contributed by atoms with Gasteiger partial charge in [0.1, 0.15) is 6.04 Å². The smallest absolute Gasteiger partial charge is 0.336 e. The van der Waals surface area contributed by atoms with Gasteiger partial charge >= 0.3 is 11.9 Å². The van der Waals surface area contributed by atoms with Crippen molar-refractivity contribution < 1.29 is 24.6 Å². The van der Waals surface area contributed by atoms with Gasteiger partial charge in [-0.1, -0.05) is 44.2 Å². The van der Waals surface area contributed by atoms with Crippen molar-refractivity contribution in [3.8, 4) is 11.3 Å². The molecular formula is C27H28N2O5. The Bertz CT molecular complexity index is 1250. The summed E-state index contributed by atoms with van der Waals surface area (Å²) in [5, 5.41) is 20.1. The number of aromatic carboxylic acids is 1. The minimum atomic E-state index is -1.01. The number of hydrogen-bond acceptors (Lipinski definition) is 4. The number of aromatic nitrogens is 1. The number of amides is 1. The van der Waals surface area contributed by atoms with Crippen LogP contribution in [0.3, 0.4) is 0 Å². The second-order valence-corrected chi connectivity index (χ2v) is 9.27. The lowest BCUT2D eigenvalue weighted by Gasteiger charge is -2.32. The Labute approximate surface area is 198 Å². The van der Waals surface area contributed by atoms with Crippen LogP contribution in [-0.4, -0.2) is 44.0 Å². The first-order valence-corrected chi connectivity index (χ1v) is 11.5. The molecule has 1 fully saturated rings. The third-order valence-corrected chi connectivity index (χ3v) is 6.24. The Balaban J connectivity index is 1.64. The van der Waals surface area contributed by atoms with Crippen LogP contribution in [-0.2, 0) is 16.1 Å². The maximum Gasteiger partial charge on any atom is 0.336 e. The van der Waals surface area contributed by atoms with Crippen LogP contribution in [0.25, 0.3) is 22.2 Å². The second-order valence-electron chi connectivity index (χ2n) is 9.27. The van der Waals surface area contributed by atoms with Crippen LogP contribution in [0.4, 0.5) is 0 Å². The summed E-state index contributed by atoms with van der Waals surface area (Å²) in [6.07, 6.45) is 2.43. The van der Waals surface area contributed by atoms with Gasteiger partial charge in [-0.25, -0.2) is 14.6 Å². The van der Waals surface area contributed by atoms with E-state index in [0.29, 0.717) is 29.1 Å². The zero-order valence-corrected chi connectivity index (χ0v) is 19.3. The number of nitrogens with zero attached hydrogens (tertiary/aromatic N) is 2. The maximum atomic E-state index is 13.0. The fourth-order valence-electron chi connectivity index (χ4n) is 4.32. The van der Waals surface area contributed by atoms with Crippen molar-refractivity contribution in [2.75, 3.05) is 0 Å². The molecule has 0 spiro atoms. The average Bonchev–Trinajstić information content (AvgIpc) is 3.61. The summed E-state index contributed by atoms with van der Waals surface area (Å²) in [6, 6.07) is 15.1. The van der Waals surface area contributed by atoms with Gasteiger partial charge in [-0.15, -0.1) is 0 Å². The number of benzene rings is 2. The standard InChI is InChI=1S/C27H28N2O5/c1-16(2)25(27(33)34)29(24(30)14-17-7-8-17)15-18-9-11-22-19(13-18)10-12-23(28-22)20-5-3-4-6-21(20)26(31)32/h3-6,9-13,16-17,25H,7-8,14-15H2,1-2H3,(H,31,32)(H,33,34)/t25-/m0/s1. The molecule has 1 saturated carbocycles. The molecule has 1 heterocycles. The Morgan fingerprint density at radius 3 is 2.41 bits per heavy atom. The summed E-state index contributed by atoms with van der Waals surface area (Å²) in [6.45, 7) is 3.84. The van der Waals surface area contributed by atoms with E-state index in [4.69, 9.17) is 0 Å². The fraction of sp³-hybridized carbons (Fsp3) is 0.333. The topological polar surface area (TPSA) is 108 Å². The van der Waals surface area contributed by atoms with Gasteiger partial charge in [0.05, 0.1) is 16.8 Å². The third kappa shape index (κ3) is 5.09. The van der Waals surface area contributed by atoms with Gasteiger partial charge in [-0.2, -0.15) is 0 Å². The first-order chi connectivity index (χ1) is 16.2. The molecule has 4 rings (SSSR count). The van der Waals surface area contributed by atoms with Crippen LogP contribution in [0.1, 0.15) is 49.0 Å². The lowest BCUT2D eigenvalue weighted by atomic mass is 10.00. The highest BCUT2D eigenvalue weighted by Gasteiger charge is 2.35. The van der Waals surface area contributed by atoms with Crippen LogP contribution < -0.4 is 0 Å². The molecule has 2 aromatic carbocycles. The Morgan fingerprint density at radius 1 is 1.03 bits per heavy atom. The molecule has 0 unspecified atom stereocenters. The SMILES string of the molecule is CC(C)[C@@H](C(=O)O)N(Cc1ccc2nc(-c3ccccc3C(=O)O)ccc2c1)C(=O)CC1CC1. The average molecular weight is 461 g/mol. The molecule has 1 atom stereocenters. The minimum absolute atomic E-state index is 0.123. The zero-order chi connectivity index (χ0) is 24.4. The molecule has 7 nitrogen and oxygen atoms in total. The summed E-state index contributed by atoms with van der Waals surface area (Å²) in [4.78, 5) is 42.7. The lowest BCUT2D eigenvalue weighted by molar-refractivity contribution is -0.153. The van der Waals surface area contributed by atoms with E-state index in [1.54, 1.807) is 30.3 Å². The predicted octanol–water partition coefficient (Wildman–Crippen LogP) is 4.84. The number of rotatable bonds is 9. The number of carboxylic acids is 2. The monoisotopic (exact) mass is 460 g/mol. The highest BCUT2D eigenvalue weighted by atomic mass is 16.4. The molecule has 1 aliphatic carbocycles. The number of pyridine rings is 1. The van der Waals surface area contributed by atoms with Gasteiger partial charge in [-0.3, -0.25) is 4.79 Å². The molecule has 7 heteroatoms. The molecule has 1 aliphatic rings. The van der Waals surface area contributed by atoms with Gasteiger partial charge in [0.25, 0.3) is 0 Å². The summed E-state index contributed by atoms with van der Waals surface area (Å²) in [5.41, 5.74) is 2.80. The van der Waals surface area contributed by atoms with E-state index in [1.165, 1.54) is 4.90 Å². The highest BCUT2D eigenvalue weighted by Crippen LogP contribution is 2.34. The number of hydrogen-bond donors (Lipinski definition) is 2. The van der Waals surface area contributed by atoms with Crippen molar-refractivity contribution >= 4 is 28.7 Å². The number of fused-ring (bicyclic) bond motifs is 1. The summed E-state index contributed by atoms with van der Waals surface area (Å²) in [5.74, 6) is -1.99. The fourth-order valence-corrected chi connectivity index (χ4v) is 4.32. The third-order valence-electron chi connectivity index (χ3n) is 6.24. The van der Waals surface area contributed by atoms with Crippen LogP contribution >= 0.6 is 0 Å². The van der Waals surface area contributed by atoms with E-state index >= 15 is 0 Å². The van der Waals surface area contributed by atoms with Crippen LogP contribution in [0.5, 0.6) is 0 Å². The summed E-state index contributed by atoms with van der Waals surface area (Å²) >= 11 is 0. The van der Waals surface area contributed by atoms with Gasteiger partial charge in [0.2, 0.25) is 5.91 Å². The van der Waals surface area contributed by atoms with Crippen LogP contribution in [0.15, 0.2) is 54.6 Å². The van der Waals surface area contributed by atoms with E-state index in [0.717, 1.165) is 23.8 Å². The van der Waals surface area contributed by atoms with E-state index in [1.807, 2.05) is 38.1 Å². The molecule has 2 N–H and O–H groups in total. The van der Waals surface area contributed by atoms with Crippen molar-refractivity contribution in [1.82, 2.24) is 9.88 Å². The van der Waals surface area contributed by atoms with Crippen LogP contribution in [0.2, 0.25) is 0 Å². The summed E-state index contributed by atoms with van der Waals surface area (Å²) in [7, 11) is 0. The molecule has 1 aromatic heterocycles. The Morgan fingerprint density at radius 2 is 1.76 bits per heavy atom. The van der Waals surface area contributed by atoms with Gasteiger partial charge in [-0.05, 0) is 54.5 Å². The molecule has 0 radical (unpaired) electrons. The summed E-state index contributed by atoms with van der Waals surface area (Å²) < 4.78 is 0. The largest absolute Gasteiger partial charge is 0.480 e. The number of carbonyl (C=O) groups is 3. The maximum absolute atomic E-state index is 13.0. The van der Waals surface area contributed by atoms with E-state index in [9.17, 15) is 24.6 Å². The molecular weight excluding hydrogens is 432 g/mol. The van der Waals surface area contributed by atoms with Crippen LogP contribution in [0, 0.1) is 11.8 Å². The van der Waals surface area contributed by atoms with Crippen molar-refractivity contribution in [3.63, 3.8) is 0 Å². The molecule has 0 aliphatic heterocycles. The van der Waals surface area contributed by atoms with E-state index in [-0.39, 0.29) is 23.9 Å². The zero-order valence-electron chi connectivity index (χ0n) is 19.3. The second kappa shape index (κ2) is 9.63. The molecule has 3 aromatic rings. The molecule has 176 valence electrons. The van der Waals surface area contributed by atoms with Crippen molar-refractivity contribution in [2.24, 2.45) is 11.8 Å². The first kappa shape index (κ1) is 23.4. The number of carbonyl (C=O) groups excluding carboxylic acids is 1. The molecule has 0 bridgehead atoms. The van der Waals surface area contributed by atoms with Gasteiger partial charge < -0.3 is 15.1 Å². The van der Waals surface area contributed by atoms with Gasteiger partial charge in [0.15, 0.2) is 0 Å². The van der Waals surface area contributed by atoms with E-state index < -0.39 is 18.0 Å². The first-order valence-electron chi connectivity index (χ1n) is 11.5. The van der Waals surface area contributed by atoms with Gasteiger partial charge in [0, 0.05) is 23.9 Å². The molecule has 0 saturated heterocycles. The van der Waals surface area contributed by atoms with Crippen molar-refractivity contribution in [2.45, 2.75) is 45.7 Å². The predicted molar refractivity (Wildman–Crippen MR) is 128 cm³/mol. The molecule has 1 amide bonds.